The Morgan fingerprint density at radius 3 is 2.61 bits per heavy atom. The number of benzene rings is 1. The van der Waals surface area contributed by atoms with E-state index in [1.165, 1.54) is 6.07 Å². The standard InChI is InChI=1S/C14H19NO3/c1-9-5-7-10(8-6-9)18-12-4-2-3-11(13(12)15)14(16)17/h2-4,9-10H,5-8,15H2,1H3,(H,16,17). The summed E-state index contributed by atoms with van der Waals surface area (Å²) in [5.74, 6) is 0.234. The van der Waals surface area contributed by atoms with Gasteiger partial charge in [-0.25, -0.2) is 4.79 Å². The van der Waals surface area contributed by atoms with E-state index in [9.17, 15) is 4.79 Å². The Morgan fingerprint density at radius 1 is 1.33 bits per heavy atom. The number of nitrogen functional groups attached to an aromatic ring is 1. The van der Waals surface area contributed by atoms with Crippen molar-refractivity contribution in [1.29, 1.82) is 0 Å². The molecule has 3 N–H and O–H groups in total. The van der Waals surface area contributed by atoms with E-state index in [2.05, 4.69) is 6.92 Å². The summed E-state index contributed by atoms with van der Waals surface area (Å²) in [7, 11) is 0. The largest absolute Gasteiger partial charge is 0.488 e. The lowest BCUT2D eigenvalue weighted by atomic mass is 9.89. The maximum Gasteiger partial charge on any atom is 0.337 e. The number of aromatic carboxylic acids is 1. The zero-order valence-electron chi connectivity index (χ0n) is 10.6. The first-order valence-electron chi connectivity index (χ1n) is 6.36. The Kier molecular flexibility index (Phi) is 3.75. The Hall–Kier alpha value is -1.71. The summed E-state index contributed by atoms with van der Waals surface area (Å²) in [6, 6.07) is 4.90. The van der Waals surface area contributed by atoms with Crippen molar-refractivity contribution in [2.24, 2.45) is 5.92 Å². The second-order valence-electron chi connectivity index (χ2n) is 5.02. The van der Waals surface area contributed by atoms with Crippen LogP contribution < -0.4 is 10.5 Å². The summed E-state index contributed by atoms with van der Waals surface area (Å²) >= 11 is 0. The molecule has 4 heteroatoms. The highest BCUT2D eigenvalue weighted by Crippen LogP contribution is 2.31. The summed E-state index contributed by atoms with van der Waals surface area (Å²) < 4.78 is 5.84. The van der Waals surface area contributed by atoms with Crippen LogP contribution in [0.1, 0.15) is 43.0 Å². The molecule has 0 saturated heterocycles. The van der Waals surface area contributed by atoms with Crippen molar-refractivity contribution >= 4 is 11.7 Å². The normalized spacial score (nSPS) is 23.6. The minimum Gasteiger partial charge on any atom is -0.488 e. The van der Waals surface area contributed by atoms with Gasteiger partial charge in [-0.1, -0.05) is 13.0 Å². The van der Waals surface area contributed by atoms with Gasteiger partial charge < -0.3 is 15.6 Å². The zero-order chi connectivity index (χ0) is 13.1. The van der Waals surface area contributed by atoms with Gasteiger partial charge in [-0.2, -0.15) is 0 Å². The molecule has 18 heavy (non-hydrogen) atoms. The molecule has 1 aromatic carbocycles. The number of hydrogen-bond acceptors (Lipinski definition) is 3. The predicted molar refractivity (Wildman–Crippen MR) is 69.9 cm³/mol. The molecule has 1 aliphatic carbocycles. The third-order valence-electron chi connectivity index (χ3n) is 3.55. The molecule has 0 aliphatic heterocycles. The molecular formula is C14H19NO3. The third kappa shape index (κ3) is 2.75. The van der Waals surface area contributed by atoms with Crippen molar-refractivity contribution in [3.05, 3.63) is 23.8 Å². The zero-order valence-corrected chi connectivity index (χ0v) is 10.6. The van der Waals surface area contributed by atoms with Crippen LogP contribution in [-0.2, 0) is 0 Å². The number of anilines is 1. The van der Waals surface area contributed by atoms with Gasteiger partial charge in [0.25, 0.3) is 0 Å². The van der Waals surface area contributed by atoms with E-state index in [1.54, 1.807) is 12.1 Å². The van der Waals surface area contributed by atoms with Crippen LogP contribution in [0.4, 0.5) is 5.69 Å². The fourth-order valence-electron chi connectivity index (χ4n) is 2.36. The molecule has 0 heterocycles. The molecule has 1 fully saturated rings. The quantitative estimate of drug-likeness (QED) is 0.808. The SMILES string of the molecule is CC1CCC(Oc2cccc(C(=O)O)c2N)CC1. The molecular weight excluding hydrogens is 230 g/mol. The Labute approximate surface area is 107 Å². The van der Waals surface area contributed by atoms with Crippen LogP contribution in [-0.4, -0.2) is 17.2 Å². The van der Waals surface area contributed by atoms with Gasteiger partial charge in [0.2, 0.25) is 0 Å². The number of hydrogen-bond donors (Lipinski definition) is 2. The van der Waals surface area contributed by atoms with E-state index in [0.29, 0.717) is 5.75 Å². The molecule has 0 radical (unpaired) electrons. The van der Waals surface area contributed by atoms with Gasteiger partial charge in [0.05, 0.1) is 17.4 Å². The average molecular weight is 249 g/mol. The molecule has 1 aromatic rings. The average Bonchev–Trinajstić information content (AvgIpc) is 2.34. The van der Waals surface area contributed by atoms with E-state index in [-0.39, 0.29) is 17.4 Å². The van der Waals surface area contributed by atoms with Crippen molar-refractivity contribution in [1.82, 2.24) is 0 Å². The van der Waals surface area contributed by atoms with E-state index in [1.807, 2.05) is 0 Å². The number of rotatable bonds is 3. The van der Waals surface area contributed by atoms with Gasteiger partial charge >= 0.3 is 5.97 Å². The second kappa shape index (κ2) is 5.29. The van der Waals surface area contributed by atoms with Gasteiger partial charge in [0, 0.05) is 0 Å². The van der Waals surface area contributed by atoms with E-state index in [0.717, 1.165) is 31.6 Å². The van der Waals surface area contributed by atoms with Crippen LogP contribution in [0.2, 0.25) is 0 Å². The maximum absolute atomic E-state index is 11.0. The molecule has 0 spiro atoms. The van der Waals surface area contributed by atoms with E-state index >= 15 is 0 Å². The first-order chi connectivity index (χ1) is 8.58. The molecule has 1 saturated carbocycles. The topological polar surface area (TPSA) is 72.5 Å². The number of ether oxygens (including phenoxy) is 1. The monoisotopic (exact) mass is 249 g/mol. The Morgan fingerprint density at radius 2 is 2.00 bits per heavy atom. The molecule has 0 amide bonds. The van der Waals surface area contributed by atoms with Crippen LogP contribution in [0.15, 0.2) is 18.2 Å². The fourth-order valence-corrected chi connectivity index (χ4v) is 2.36. The molecule has 0 unspecified atom stereocenters. The summed E-state index contributed by atoms with van der Waals surface area (Å²) in [5, 5.41) is 9.00. The number of carboxylic acids is 1. The number of para-hydroxylation sites is 1. The number of carboxylic acid groups (broad SMARTS) is 1. The third-order valence-corrected chi connectivity index (χ3v) is 3.55. The summed E-state index contributed by atoms with van der Waals surface area (Å²) in [4.78, 5) is 11.0. The molecule has 0 bridgehead atoms. The Bertz CT molecular complexity index is 437. The minimum atomic E-state index is -1.02. The molecule has 2 rings (SSSR count). The molecule has 4 nitrogen and oxygen atoms in total. The van der Waals surface area contributed by atoms with Crippen LogP contribution in [0.25, 0.3) is 0 Å². The number of carbonyl (C=O) groups is 1. The van der Waals surface area contributed by atoms with Gasteiger partial charge in [-0.3, -0.25) is 0 Å². The van der Waals surface area contributed by atoms with Crippen molar-refractivity contribution < 1.29 is 14.6 Å². The van der Waals surface area contributed by atoms with Crippen molar-refractivity contribution in [2.45, 2.75) is 38.7 Å². The lowest BCUT2D eigenvalue weighted by Crippen LogP contribution is -2.23. The second-order valence-corrected chi connectivity index (χ2v) is 5.02. The molecule has 98 valence electrons. The highest BCUT2D eigenvalue weighted by atomic mass is 16.5. The van der Waals surface area contributed by atoms with Crippen LogP contribution in [0, 0.1) is 5.92 Å². The van der Waals surface area contributed by atoms with Crippen molar-refractivity contribution in [2.75, 3.05) is 5.73 Å². The first kappa shape index (κ1) is 12.7. The van der Waals surface area contributed by atoms with Crippen molar-refractivity contribution in [3.8, 4) is 5.75 Å². The van der Waals surface area contributed by atoms with Crippen LogP contribution >= 0.6 is 0 Å². The molecule has 1 aliphatic rings. The lowest BCUT2D eigenvalue weighted by molar-refractivity contribution is 0.0697. The number of nitrogens with two attached hydrogens (primary N) is 1. The van der Waals surface area contributed by atoms with Gasteiger partial charge in [-0.05, 0) is 43.7 Å². The lowest BCUT2D eigenvalue weighted by Gasteiger charge is -2.27. The maximum atomic E-state index is 11.0. The highest BCUT2D eigenvalue weighted by molar-refractivity contribution is 5.95. The van der Waals surface area contributed by atoms with Crippen LogP contribution in [0.3, 0.4) is 0 Å². The van der Waals surface area contributed by atoms with Gasteiger partial charge in [0.1, 0.15) is 5.75 Å². The molecule has 0 atom stereocenters. The van der Waals surface area contributed by atoms with Crippen LogP contribution in [0.5, 0.6) is 5.75 Å². The Balaban J connectivity index is 2.10. The smallest absolute Gasteiger partial charge is 0.337 e. The van der Waals surface area contributed by atoms with E-state index in [4.69, 9.17) is 15.6 Å². The summed E-state index contributed by atoms with van der Waals surface area (Å²) in [6.07, 6.45) is 4.50. The highest BCUT2D eigenvalue weighted by Gasteiger charge is 2.21. The van der Waals surface area contributed by atoms with E-state index < -0.39 is 5.97 Å². The van der Waals surface area contributed by atoms with Crippen molar-refractivity contribution in [3.63, 3.8) is 0 Å². The summed E-state index contributed by atoms with van der Waals surface area (Å²) in [6.45, 7) is 2.25. The van der Waals surface area contributed by atoms with Gasteiger partial charge in [0.15, 0.2) is 0 Å². The first-order valence-corrected chi connectivity index (χ1v) is 6.36. The minimum absolute atomic E-state index is 0.108. The van der Waals surface area contributed by atoms with Gasteiger partial charge in [-0.15, -0.1) is 0 Å². The summed E-state index contributed by atoms with van der Waals surface area (Å²) in [5.41, 5.74) is 6.16. The molecule has 0 aromatic heterocycles. The fraction of sp³-hybridized carbons (Fsp3) is 0.500. The predicted octanol–water partition coefficient (Wildman–Crippen LogP) is 2.92.